The van der Waals surface area contributed by atoms with Crippen LogP contribution >= 0.6 is 39.3 Å². The molecule has 0 saturated carbocycles. The average molecular weight is 495 g/mol. The van der Waals surface area contributed by atoms with Crippen molar-refractivity contribution in [3.63, 3.8) is 0 Å². The summed E-state index contributed by atoms with van der Waals surface area (Å²) in [5.41, 5.74) is 0. The van der Waals surface area contributed by atoms with Gasteiger partial charge in [0.05, 0.1) is 10.8 Å². The first-order valence-electron chi connectivity index (χ1n) is 8.51. The van der Waals surface area contributed by atoms with Crippen LogP contribution in [0.25, 0.3) is 0 Å². The van der Waals surface area contributed by atoms with Gasteiger partial charge in [-0.1, -0.05) is 41.6 Å². The lowest BCUT2D eigenvalue weighted by atomic mass is 10.3. The van der Waals surface area contributed by atoms with Gasteiger partial charge in [-0.15, -0.1) is 16.8 Å². The highest BCUT2D eigenvalue weighted by Gasteiger charge is 2.15. The predicted octanol–water partition coefficient (Wildman–Crippen LogP) is 4.58. The van der Waals surface area contributed by atoms with Crippen LogP contribution in [0.1, 0.15) is 5.82 Å². The number of para-hydroxylation sites is 1. The number of pyridine rings is 1. The summed E-state index contributed by atoms with van der Waals surface area (Å²) < 4.78 is 8.44. The third-order valence-electron chi connectivity index (χ3n) is 3.63. The van der Waals surface area contributed by atoms with E-state index in [-0.39, 0.29) is 18.3 Å². The van der Waals surface area contributed by atoms with Crippen molar-refractivity contribution in [2.45, 2.75) is 18.3 Å². The van der Waals surface area contributed by atoms with Crippen LogP contribution in [0.4, 0.5) is 5.82 Å². The molecule has 0 spiro atoms. The molecule has 1 aromatic carbocycles. The zero-order chi connectivity index (χ0) is 20.6. The highest BCUT2D eigenvalue weighted by Crippen LogP contribution is 2.25. The van der Waals surface area contributed by atoms with Crippen molar-refractivity contribution in [1.82, 2.24) is 19.7 Å². The summed E-state index contributed by atoms with van der Waals surface area (Å²) in [6, 6.07) is 10.7. The Balaban J connectivity index is 1.61. The quantitative estimate of drug-likeness (QED) is 0.346. The number of amides is 1. The molecule has 7 nitrogen and oxygen atoms in total. The van der Waals surface area contributed by atoms with Crippen molar-refractivity contribution < 1.29 is 9.53 Å². The maximum atomic E-state index is 12.2. The first kappa shape index (κ1) is 21.4. The second-order valence-corrected chi connectivity index (χ2v) is 7.98. The lowest BCUT2D eigenvalue weighted by Crippen LogP contribution is -2.15. The number of aromatic nitrogens is 4. The molecule has 3 rings (SSSR count). The van der Waals surface area contributed by atoms with Crippen LogP contribution in [-0.4, -0.2) is 31.4 Å². The number of benzene rings is 1. The van der Waals surface area contributed by atoms with Crippen LogP contribution in [0.3, 0.4) is 0 Å². The number of ether oxygens (including phenoxy) is 1. The van der Waals surface area contributed by atoms with E-state index in [4.69, 9.17) is 16.3 Å². The van der Waals surface area contributed by atoms with Crippen molar-refractivity contribution in [3.05, 3.63) is 70.6 Å². The normalized spacial score (nSPS) is 10.6. The average Bonchev–Trinajstić information content (AvgIpc) is 3.09. The first-order chi connectivity index (χ1) is 14.1. The van der Waals surface area contributed by atoms with Gasteiger partial charge in [-0.25, -0.2) is 4.98 Å². The highest BCUT2D eigenvalue weighted by molar-refractivity contribution is 9.10. The molecule has 0 radical (unpaired) electrons. The van der Waals surface area contributed by atoms with Crippen molar-refractivity contribution in [2.24, 2.45) is 0 Å². The Morgan fingerprint density at radius 1 is 1.31 bits per heavy atom. The summed E-state index contributed by atoms with van der Waals surface area (Å²) in [5, 5.41) is 12.2. The lowest BCUT2D eigenvalue weighted by Gasteiger charge is -2.10. The third-order valence-corrected chi connectivity index (χ3v) is 5.37. The van der Waals surface area contributed by atoms with E-state index in [1.165, 1.54) is 11.8 Å². The third kappa shape index (κ3) is 6.06. The largest absolute Gasteiger partial charge is 0.484 e. The first-order valence-corrected chi connectivity index (χ1v) is 10.7. The molecule has 3 aromatic rings. The van der Waals surface area contributed by atoms with Crippen molar-refractivity contribution in [2.75, 3.05) is 11.1 Å². The van der Waals surface area contributed by atoms with E-state index in [0.717, 1.165) is 4.47 Å². The molecule has 0 aliphatic rings. The number of nitrogens with one attached hydrogen (secondary N) is 1. The minimum atomic E-state index is -0.188. The van der Waals surface area contributed by atoms with Gasteiger partial charge < -0.3 is 10.1 Å². The number of carbonyl (C=O) groups is 1. The second-order valence-electron chi connectivity index (χ2n) is 5.72. The maximum Gasteiger partial charge on any atom is 0.236 e. The Morgan fingerprint density at radius 3 is 2.86 bits per heavy atom. The van der Waals surface area contributed by atoms with Crippen molar-refractivity contribution in [3.8, 4) is 5.75 Å². The minimum Gasteiger partial charge on any atom is -0.484 e. The van der Waals surface area contributed by atoms with Gasteiger partial charge in [-0.2, -0.15) is 0 Å². The topological polar surface area (TPSA) is 81.9 Å². The van der Waals surface area contributed by atoms with Gasteiger partial charge in [0.2, 0.25) is 5.91 Å². The molecule has 0 saturated heterocycles. The van der Waals surface area contributed by atoms with Crippen LogP contribution in [0.5, 0.6) is 5.75 Å². The number of carbonyl (C=O) groups excluding carboxylic acids is 1. The Labute approximate surface area is 185 Å². The number of nitrogens with zero attached hydrogens (tertiary/aromatic N) is 4. The number of allylic oxidation sites excluding steroid dienone is 1. The van der Waals surface area contributed by atoms with E-state index in [1.807, 2.05) is 22.8 Å². The molecule has 0 aliphatic heterocycles. The fourth-order valence-electron chi connectivity index (χ4n) is 2.31. The highest BCUT2D eigenvalue weighted by atomic mass is 79.9. The maximum absolute atomic E-state index is 12.2. The number of hydrogen-bond acceptors (Lipinski definition) is 6. The fraction of sp³-hybridized carbons (Fsp3) is 0.158. The molecule has 1 N–H and O–H groups in total. The number of thioether (sulfide) groups is 1. The Morgan fingerprint density at radius 2 is 2.14 bits per heavy atom. The molecule has 150 valence electrons. The molecule has 1 amide bonds. The Hall–Kier alpha value is -2.36. The fourth-order valence-corrected chi connectivity index (χ4v) is 3.50. The number of anilines is 1. The summed E-state index contributed by atoms with van der Waals surface area (Å²) in [5.74, 6) is 1.64. The summed E-state index contributed by atoms with van der Waals surface area (Å²) in [7, 11) is 0. The molecule has 2 aromatic heterocycles. The molecule has 0 aliphatic carbocycles. The lowest BCUT2D eigenvalue weighted by molar-refractivity contribution is -0.113. The van der Waals surface area contributed by atoms with E-state index in [1.54, 1.807) is 30.5 Å². The van der Waals surface area contributed by atoms with Gasteiger partial charge in [-0.05, 0) is 40.2 Å². The standard InChI is InChI=1S/C19H17BrClN5O2S/c1-2-9-26-17(11-28-15-6-4-3-5-14(15)21)24-25-19(26)29-12-18(27)23-16-8-7-13(20)10-22-16/h2-8,10H,1,9,11-12H2,(H,22,23,27). The molecule has 0 fully saturated rings. The van der Waals surface area contributed by atoms with E-state index in [2.05, 4.69) is 43.0 Å². The molecule has 2 heterocycles. The zero-order valence-electron chi connectivity index (χ0n) is 15.2. The zero-order valence-corrected chi connectivity index (χ0v) is 18.4. The SMILES string of the molecule is C=CCn1c(COc2ccccc2Cl)nnc1SCC(=O)Nc1ccc(Br)cn1. The van der Waals surface area contributed by atoms with E-state index in [9.17, 15) is 4.79 Å². The van der Waals surface area contributed by atoms with E-state index >= 15 is 0 Å². The summed E-state index contributed by atoms with van der Waals surface area (Å²) in [4.78, 5) is 16.3. The Bertz CT molecular complexity index is 997. The van der Waals surface area contributed by atoms with Crippen LogP contribution in [-0.2, 0) is 17.9 Å². The summed E-state index contributed by atoms with van der Waals surface area (Å²) in [6.07, 6.45) is 3.35. The molecule has 10 heteroatoms. The van der Waals surface area contributed by atoms with Crippen molar-refractivity contribution >= 4 is 51.0 Å². The van der Waals surface area contributed by atoms with Crippen LogP contribution in [0, 0.1) is 0 Å². The van der Waals surface area contributed by atoms with E-state index in [0.29, 0.717) is 34.1 Å². The molecular formula is C19H17BrClN5O2S. The Kier molecular flexibility index (Phi) is 7.68. The summed E-state index contributed by atoms with van der Waals surface area (Å²) >= 11 is 10.7. The van der Waals surface area contributed by atoms with Crippen molar-refractivity contribution in [1.29, 1.82) is 0 Å². The van der Waals surface area contributed by atoms with Gasteiger partial charge in [0.15, 0.2) is 11.0 Å². The van der Waals surface area contributed by atoms with Gasteiger partial charge in [-0.3, -0.25) is 9.36 Å². The molecule has 29 heavy (non-hydrogen) atoms. The van der Waals surface area contributed by atoms with Gasteiger partial charge >= 0.3 is 0 Å². The smallest absolute Gasteiger partial charge is 0.236 e. The molecular weight excluding hydrogens is 478 g/mol. The van der Waals surface area contributed by atoms with Crippen LogP contribution in [0.15, 0.2) is 64.9 Å². The minimum absolute atomic E-state index is 0.165. The monoisotopic (exact) mass is 493 g/mol. The molecule has 0 atom stereocenters. The number of halogens is 2. The van der Waals surface area contributed by atoms with Gasteiger partial charge in [0.1, 0.15) is 18.2 Å². The summed E-state index contributed by atoms with van der Waals surface area (Å²) in [6.45, 7) is 4.46. The van der Waals surface area contributed by atoms with E-state index < -0.39 is 0 Å². The van der Waals surface area contributed by atoms with Gasteiger partial charge in [0, 0.05) is 17.2 Å². The van der Waals surface area contributed by atoms with Crippen LogP contribution < -0.4 is 10.1 Å². The second kappa shape index (κ2) is 10.4. The number of hydrogen-bond donors (Lipinski definition) is 1. The predicted molar refractivity (Wildman–Crippen MR) is 117 cm³/mol. The molecule has 0 bridgehead atoms. The van der Waals surface area contributed by atoms with Crippen LogP contribution in [0.2, 0.25) is 5.02 Å². The number of rotatable bonds is 9. The molecule has 0 unspecified atom stereocenters. The van der Waals surface area contributed by atoms with Gasteiger partial charge in [0.25, 0.3) is 0 Å².